The molecule has 0 saturated carbocycles. The van der Waals surface area contributed by atoms with E-state index in [1.165, 1.54) is 18.4 Å². The number of hydrogen-bond acceptors (Lipinski definition) is 4. The Bertz CT molecular complexity index is 435. The summed E-state index contributed by atoms with van der Waals surface area (Å²) in [6.45, 7) is 4.24. The number of rotatable bonds is 4. The zero-order chi connectivity index (χ0) is 13.1. The largest absolute Gasteiger partial charge is 0.486 e. The number of likely N-dealkylation sites (tertiary alicyclic amines) is 1. The van der Waals surface area contributed by atoms with Crippen LogP contribution < -0.4 is 9.47 Å². The van der Waals surface area contributed by atoms with Gasteiger partial charge in [0.1, 0.15) is 13.2 Å². The summed E-state index contributed by atoms with van der Waals surface area (Å²) in [7, 11) is 1.76. The maximum Gasteiger partial charge on any atom is 0.161 e. The standard InChI is InChI=1S/C15H21NO3/c1-17-8-7-16-6-2-3-13(16)12-4-5-14-15(11-12)19-10-9-18-14/h4-5,11,13H,2-3,6-10H2,1H3/t13-/m1/s1. The van der Waals surface area contributed by atoms with Gasteiger partial charge >= 0.3 is 0 Å². The van der Waals surface area contributed by atoms with Crippen molar-refractivity contribution < 1.29 is 14.2 Å². The third kappa shape index (κ3) is 2.69. The minimum absolute atomic E-state index is 0.492. The average molecular weight is 263 g/mol. The van der Waals surface area contributed by atoms with Crippen molar-refractivity contribution in [2.45, 2.75) is 18.9 Å². The van der Waals surface area contributed by atoms with Crippen molar-refractivity contribution in [1.82, 2.24) is 4.90 Å². The minimum Gasteiger partial charge on any atom is -0.486 e. The Labute approximate surface area is 114 Å². The lowest BCUT2D eigenvalue weighted by Gasteiger charge is -2.26. The fraction of sp³-hybridized carbons (Fsp3) is 0.600. The number of fused-ring (bicyclic) bond motifs is 1. The molecule has 0 spiro atoms. The number of hydrogen-bond donors (Lipinski definition) is 0. The lowest BCUT2D eigenvalue weighted by atomic mass is 10.0. The Morgan fingerprint density at radius 3 is 2.95 bits per heavy atom. The van der Waals surface area contributed by atoms with Crippen LogP contribution in [0.4, 0.5) is 0 Å². The molecule has 0 aromatic heterocycles. The first-order chi connectivity index (χ1) is 9.38. The van der Waals surface area contributed by atoms with E-state index in [1.807, 2.05) is 6.07 Å². The first-order valence-electron chi connectivity index (χ1n) is 7.01. The third-order valence-electron chi connectivity index (χ3n) is 3.90. The summed E-state index contributed by atoms with van der Waals surface area (Å²) >= 11 is 0. The first kappa shape index (κ1) is 12.8. The SMILES string of the molecule is COCCN1CCC[C@@H]1c1ccc2c(c1)OCCO2. The van der Waals surface area contributed by atoms with Crippen LogP contribution in [0.15, 0.2) is 18.2 Å². The van der Waals surface area contributed by atoms with Crippen LogP contribution in [0.1, 0.15) is 24.4 Å². The third-order valence-corrected chi connectivity index (χ3v) is 3.90. The van der Waals surface area contributed by atoms with Gasteiger partial charge < -0.3 is 14.2 Å². The van der Waals surface area contributed by atoms with Crippen LogP contribution in [0, 0.1) is 0 Å². The van der Waals surface area contributed by atoms with Gasteiger partial charge in [-0.2, -0.15) is 0 Å². The molecule has 0 aliphatic carbocycles. The highest BCUT2D eigenvalue weighted by Gasteiger charge is 2.26. The molecule has 0 amide bonds. The van der Waals surface area contributed by atoms with E-state index < -0.39 is 0 Å². The summed E-state index contributed by atoms with van der Waals surface area (Å²) in [5.74, 6) is 1.76. The summed E-state index contributed by atoms with van der Waals surface area (Å²) in [5, 5.41) is 0. The lowest BCUT2D eigenvalue weighted by molar-refractivity contribution is 0.140. The van der Waals surface area contributed by atoms with Gasteiger partial charge in [0.15, 0.2) is 11.5 Å². The van der Waals surface area contributed by atoms with Gasteiger partial charge in [-0.3, -0.25) is 4.90 Å². The molecule has 3 rings (SSSR count). The molecule has 1 fully saturated rings. The summed E-state index contributed by atoms with van der Waals surface area (Å²) in [6.07, 6.45) is 2.46. The molecule has 4 nitrogen and oxygen atoms in total. The van der Waals surface area contributed by atoms with E-state index in [0.29, 0.717) is 19.3 Å². The predicted octanol–water partition coefficient (Wildman–Crippen LogP) is 2.24. The molecule has 2 aliphatic heterocycles. The molecule has 1 atom stereocenters. The van der Waals surface area contributed by atoms with E-state index in [1.54, 1.807) is 7.11 Å². The molecule has 0 N–H and O–H groups in total. The molecule has 104 valence electrons. The van der Waals surface area contributed by atoms with Crippen molar-refractivity contribution in [2.24, 2.45) is 0 Å². The monoisotopic (exact) mass is 263 g/mol. The molecule has 0 unspecified atom stereocenters. The van der Waals surface area contributed by atoms with Gasteiger partial charge in [-0.1, -0.05) is 6.07 Å². The molecule has 2 heterocycles. The van der Waals surface area contributed by atoms with Crippen LogP contribution >= 0.6 is 0 Å². The van der Waals surface area contributed by atoms with E-state index in [0.717, 1.165) is 31.2 Å². The van der Waals surface area contributed by atoms with Crippen LogP contribution in [-0.4, -0.2) is 44.9 Å². The van der Waals surface area contributed by atoms with Gasteiger partial charge in [0.05, 0.1) is 6.61 Å². The summed E-state index contributed by atoms with van der Waals surface area (Å²) in [6, 6.07) is 6.84. The Kier molecular flexibility index (Phi) is 3.89. The highest BCUT2D eigenvalue weighted by Crippen LogP contribution is 2.37. The maximum absolute atomic E-state index is 5.67. The zero-order valence-corrected chi connectivity index (χ0v) is 11.4. The summed E-state index contributed by atoms with van der Waals surface area (Å²) in [4.78, 5) is 2.49. The normalized spacial score (nSPS) is 22.7. The van der Waals surface area contributed by atoms with E-state index in [2.05, 4.69) is 17.0 Å². The molecule has 4 heteroatoms. The molecule has 1 saturated heterocycles. The number of nitrogens with zero attached hydrogens (tertiary/aromatic N) is 1. The Morgan fingerprint density at radius 1 is 1.26 bits per heavy atom. The maximum atomic E-state index is 5.67. The number of methoxy groups -OCH3 is 1. The average Bonchev–Trinajstić information content (AvgIpc) is 2.93. The van der Waals surface area contributed by atoms with E-state index >= 15 is 0 Å². The number of benzene rings is 1. The van der Waals surface area contributed by atoms with Crippen molar-refractivity contribution in [1.29, 1.82) is 0 Å². The smallest absolute Gasteiger partial charge is 0.161 e. The Morgan fingerprint density at radius 2 is 2.11 bits per heavy atom. The number of ether oxygens (including phenoxy) is 3. The Balaban J connectivity index is 1.77. The highest BCUT2D eigenvalue weighted by atomic mass is 16.6. The lowest BCUT2D eigenvalue weighted by Crippen LogP contribution is -2.27. The van der Waals surface area contributed by atoms with Gasteiger partial charge in [-0.25, -0.2) is 0 Å². The molecule has 1 aromatic carbocycles. The van der Waals surface area contributed by atoms with E-state index in [4.69, 9.17) is 14.2 Å². The molecule has 19 heavy (non-hydrogen) atoms. The molecule has 1 aromatic rings. The first-order valence-corrected chi connectivity index (χ1v) is 7.01. The second-order valence-corrected chi connectivity index (χ2v) is 5.09. The van der Waals surface area contributed by atoms with Crippen LogP contribution in [0.3, 0.4) is 0 Å². The van der Waals surface area contributed by atoms with Crippen molar-refractivity contribution in [3.8, 4) is 11.5 Å². The van der Waals surface area contributed by atoms with Crippen molar-refractivity contribution in [3.05, 3.63) is 23.8 Å². The van der Waals surface area contributed by atoms with Crippen LogP contribution in [0.25, 0.3) is 0 Å². The molecular weight excluding hydrogens is 242 g/mol. The van der Waals surface area contributed by atoms with Crippen LogP contribution in [0.2, 0.25) is 0 Å². The quantitative estimate of drug-likeness (QED) is 0.833. The van der Waals surface area contributed by atoms with Crippen molar-refractivity contribution >= 4 is 0 Å². The van der Waals surface area contributed by atoms with E-state index in [9.17, 15) is 0 Å². The topological polar surface area (TPSA) is 30.9 Å². The summed E-state index contributed by atoms with van der Waals surface area (Å²) in [5.41, 5.74) is 1.33. The van der Waals surface area contributed by atoms with E-state index in [-0.39, 0.29) is 0 Å². The highest BCUT2D eigenvalue weighted by molar-refractivity contribution is 5.44. The molecule has 0 radical (unpaired) electrons. The van der Waals surface area contributed by atoms with Gasteiger partial charge in [-0.05, 0) is 37.1 Å². The summed E-state index contributed by atoms with van der Waals surface area (Å²) < 4.78 is 16.4. The fourth-order valence-corrected chi connectivity index (χ4v) is 2.95. The molecular formula is C15H21NO3. The van der Waals surface area contributed by atoms with Gasteiger partial charge in [0, 0.05) is 19.7 Å². The second-order valence-electron chi connectivity index (χ2n) is 5.09. The van der Waals surface area contributed by atoms with Crippen molar-refractivity contribution in [3.63, 3.8) is 0 Å². The molecule has 2 aliphatic rings. The van der Waals surface area contributed by atoms with Gasteiger partial charge in [-0.15, -0.1) is 0 Å². The van der Waals surface area contributed by atoms with Crippen molar-refractivity contribution in [2.75, 3.05) is 40.0 Å². The van der Waals surface area contributed by atoms with Crippen LogP contribution in [-0.2, 0) is 4.74 Å². The van der Waals surface area contributed by atoms with Gasteiger partial charge in [0.25, 0.3) is 0 Å². The zero-order valence-electron chi connectivity index (χ0n) is 11.4. The second kappa shape index (κ2) is 5.80. The predicted molar refractivity (Wildman–Crippen MR) is 72.9 cm³/mol. The fourth-order valence-electron chi connectivity index (χ4n) is 2.95. The van der Waals surface area contributed by atoms with Gasteiger partial charge in [0.2, 0.25) is 0 Å². The van der Waals surface area contributed by atoms with Crippen LogP contribution in [0.5, 0.6) is 11.5 Å². The minimum atomic E-state index is 0.492. The molecule has 0 bridgehead atoms. The Hall–Kier alpha value is -1.26.